The van der Waals surface area contributed by atoms with Gasteiger partial charge in [-0.3, -0.25) is 4.79 Å². The first-order valence-corrected chi connectivity index (χ1v) is 11.8. The lowest BCUT2D eigenvalue weighted by Crippen LogP contribution is -2.48. The molecule has 2 heterocycles. The highest BCUT2D eigenvalue weighted by molar-refractivity contribution is 7.89. The summed E-state index contributed by atoms with van der Waals surface area (Å²) in [5, 5.41) is 3.07. The number of alkyl halides is 3. The van der Waals surface area contributed by atoms with E-state index in [9.17, 15) is 26.4 Å². The SMILES string of the molecule is CCN1CCC(NC(=O)C2CCN(S(=O)(=O)c3ccccc3C(F)(F)F)CC2)CC1. The molecule has 2 aliphatic rings. The zero-order valence-electron chi connectivity index (χ0n) is 17.0. The van der Waals surface area contributed by atoms with Gasteiger partial charge in [0.15, 0.2) is 0 Å². The Morgan fingerprint density at radius 2 is 1.67 bits per heavy atom. The average Bonchev–Trinajstić information content (AvgIpc) is 2.74. The van der Waals surface area contributed by atoms with Crippen molar-refractivity contribution in [2.24, 2.45) is 5.92 Å². The molecule has 3 rings (SSSR count). The zero-order valence-corrected chi connectivity index (χ0v) is 17.8. The number of likely N-dealkylation sites (tertiary alicyclic amines) is 1. The van der Waals surface area contributed by atoms with Crippen LogP contribution in [0.2, 0.25) is 0 Å². The molecule has 1 aromatic carbocycles. The molecule has 0 saturated carbocycles. The molecule has 2 saturated heterocycles. The first kappa shape index (κ1) is 23.0. The summed E-state index contributed by atoms with van der Waals surface area (Å²) in [6, 6.07) is 4.34. The first-order valence-electron chi connectivity index (χ1n) is 10.3. The largest absolute Gasteiger partial charge is 0.417 e. The predicted octanol–water partition coefficient (Wildman–Crippen LogP) is 2.71. The molecule has 0 atom stereocenters. The normalized spacial score (nSPS) is 20.9. The van der Waals surface area contributed by atoms with Crippen LogP contribution in [0.15, 0.2) is 29.2 Å². The van der Waals surface area contributed by atoms with Gasteiger partial charge in [-0.1, -0.05) is 19.1 Å². The van der Waals surface area contributed by atoms with Crippen molar-refractivity contribution in [1.29, 1.82) is 0 Å². The molecule has 0 spiro atoms. The van der Waals surface area contributed by atoms with Crippen molar-refractivity contribution < 1.29 is 26.4 Å². The number of hydrogen-bond acceptors (Lipinski definition) is 4. The van der Waals surface area contributed by atoms with Crippen LogP contribution in [0.25, 0.3) is 0 Å². The number of halogens is 3. The van der Waals surface area contributed by atoms with Gasteiger partial charge in [0.2, 0.25) is 15.9 Å². The molecular weight excluding hydrogens is 419 g/mol. The van der Waals surface area contributed by atoms with Crippen molar-refractivity contribution in [3.8, 4) is 0 Å². The van der Waals surface area contributed by atoms with Crippen molar-refractivity contribution in [3.63, 3.8) is 0 Å². The summed E-state index contributed by atoms with van der Waals surface area (Å²) < 4.78 is 66.4. The second-order valence-electron chi connectivity index (χ2n) is 7.89. The van der Waals surface area contributed by atoms with Gasteiger partial charge in [-0.05, 0) is 44.4 Å². The summed E-state index contributed by atoms with van der Waals surface area (Å²) in [4.78, 5) is 14.2. The molecule has 0 aliphatic carbocycles. The van der Waals surface area contributed by atoms with Crippen LogP contribution in [0, 0.1) is 5.92 Å². The summed E-state index contributed by atoms with van der Waals surface area (Å²) in [5.74, 6) is -0.406. The molecular formula is C20H28F3N3O3S. The smallest absolute Gasteiger partial charge is 0.353 e. The second-order valence-corrected chi connectivity index (χ2v) is 9.80. The summed E-state index contributed by atoms with van der Waals surface area (Å²) in [6.07, 6.45) is -2.38. The standard InChI is InChI=1S/C20H28F3N3O3S/c1-2-25-11-9-16(10-12-25)24-19(27)15-7-13-26(14-8-15)30(28,29)18-6-4-3-5-17(18)20(21,22)23/h3-6,15-16H,2,7-14H2,1H3,(H,24,27). The molecule has 30 heavy (non-hydrogen) atoms. The van der Waals surface area contributed by atoms with Gasteiger partial charge in [0.1, 0.15) is 0 Å². The molecule has 0 aromatic heterocycles. The van der Waals surface area contributed by atoms with E-state index in [2.05, 4.69) is 17.1 Å². The van der Waals surface area contributed by atoms with Crippen molar-refractivity contribution in [2.75, 3.05) is 32.7 Å². The number of rotatable bonds is 5. The quantitative estimate of drug-likeness (QED) is 0.754. The number of piperidine rings is 2. The maximum absolute atomic E-state index is 13.2. The number of benzene rings is 1. The number of hydrogen-bond donors (Lipinski definition) is 1. The fraction of sp³-hybridized carbons (Fsp3) is 0.650. The van der Waals surface area contributed by atoms with Gasteiger partial charge < -0.3 is 10.2 Å². The first-order chi connectivity index (χ1) is 14.1. The van der Waals surface area contributed by atoms with E-state index in [1.165, 1.54) is 12.1 Å². The lowest BCUT2D eigenvalue weighted by molar-refractivity contribution is -0.139. The van der Waals surface area contributed by atoms with E-state index in [0.717, 1.165) is 48.9 Å². The number of nitrogens with zero attached hydrogens (tertiary/aromatic N) is 2. The Labute approximate surface area is 175 Å². The lowest BCUT2D eigenvalue weighted by Gasteiger charge is -2.34. The van der Waals surface area contributed by atoms with Crippen LogP contribution in [0.1, 0.15) is 38.2 Å². The Morgan fingerprint density at radius 3 is 2.23 bits per heavy atom. The summed E-state index contributed by atoms with van der Waals surface area (Å²) in [5.41, 5.74) is -1.16. The third-order valence-corrected chi connectivity index (χ3v) is 7.97. The summed E-state index contributed by atoms with van der Waals surface area (Å²) in [6.45, 7) is 5.04. The number of carbonyl (C=O) groups excluding carboxylic acids is 1. The zero-order chi connectivity index (χ0) is 21.9. The maximum Gasteiger partial charge on any atom is 0.417 e. The Balaban J connectivity index is 1.60. The molecule has 0 unspecified atom stereocenters. The van der Waals surface area contributed by atoms with Crippen molar-refractivity contribution in [2.45, 2.75) is 49.7 Å². The fourth-order valence-electron chi connectivity index (χ4n) is 4.14. The van der Waals surface area contributed by atoms with E-state index >= 15 is 0 Å². The lowest BCUT2D eigenvalue weighted by atomic mass is 9.96. The van der Waals surface area contributed by atoms with Crippen LogP contribution in [0.3, 0.4) is 0 Å². The van der Waals surface area contributed by atoms with Gasteiger partial charge in [0.05, 0.1) is 10.5 Å². The maximum atomic E-state index is 13.2. The molecule has 10 heteroatoms. The van der Waals surface area contributed by atoms with E-state index in [1.54, 1.807) is 0 Å². The van der Waals surface area contributed by atoms with Crippen LogP contribution in [-0.2, 0) is 21.0 Å². The van der Waals surface area contributed by atoms with E-state index in [1.807, 2.05) is 0 Å². The van der Waals surface area contributed by atoms with Crippen LogP contribution in [-0.4, -0.2) is 62.3 Å². The van der Waals surface area contributed by atoms with E-state index < -0.39 is 26.7 Å². The monoisotopic (exact) mass is 447 g/mol. The molecule has 0 bridgehead atoms. The van der Waals surface area contributed by atoms with Crippen LogP contribution < -0.4 is 5.32 Å². The molecule has 2 fully saturated rings. The Morgan fingerprint density at radius 1 is 1.07 bits per heavy atom. The number of amides is 1. The number of carbonyl (C=O) groups is 1. The highest BCUT2D eigenvalue weighted by atomic mass is 32.2. The highest BCUT2D eigenvalue weighted by Gasteiger charge is 2.40. The molecule has 2 aliphatic heterocycles. The van der Waals surface area contributed by atoms with Gasteiger partial charge in [-0.25, -0.2) is 8.42 Å². The molecule has 0 radical (unpaired) electrons. The van der Waals surface area contributed by atoms with Gasteiger partial charge in [0, 0.05) is 38.1 Å². The van der Waals surface area contributed by atoms with E-state index in [-0.39, 0.29) is 31.0 Å². The van der Waals surface area contributed by atoms with Gasteiger partial charge >= 0.3 is 6.18 Å². The fourth-order valence-corrected chi connectivity index (χ4v) is 5.82. The number of sulfonamides is 1. The average molecular weight is 448 g/mol. The highest BCUT2D eigenvalue weighted by Crippen LogP contribution is 2.36. The minimum atomic E-state index is -4.75. The number of nitrogens with one attached hydrogen (secondary N) is 1. The minimum Gasteiger partial charge on any atom is -0.353 e. The van der Waals surface area contributed by atoms with Gasteiger partial charge in [-0.15, -0.1) is 0 Å². The third-order valence-electron chi connectivity index (χ3n) is 6.02. The van der Waals surface area contributed by atoms with E-state index in [4.69, 9.17) is 0 Å². The van der Waals surface area contributed by atoms with Crippen LogP contribution in [0.5, 0.6) is 0 Å². The Hall–Kier alpha value is -1.65. The topological polar surface area (TPSA) is 69.7 Å². The summed E-state index contributed by atoms with van der Waals surface area (Å²) in [7, 11) is -4.29. The van der Waals surface area contributed by atoms with Crippen molar-refractivity contribution in [3.05, 3.63) is 29.8 Å². The van der Waals surface area contributed by atoms with Gasteiger partial charge in [0.25, 0.3) is 0 Å². The molecule has 168 valence electrons. The molecule has 1 amide bonds. The second kappa shape index (κ2) is 9.23. The Bertz CT molecular complexity index is 844. The molecule has 6 nitrogen and oxygen atoms in total. The van der Waals surface area contributed by atoms with Crippen LogP contribution >= 0.6 is 0 Å². The Kier molecular flexibility index (Phi) is 7.09. The molecule has 1 N–H and O–H groups in total. The minimum absolute atomic E-state index is 0.0287. The van der Waals surface area contributed by atoms with E-state index in [0.29, 0.717) is 12.8 Å². The molecule has 1 aromatic rings. The summed E-state index contributed by atoms with van der Waals surface area (Å²) >= 11 is 0. The van der Waals surface area contributed by atoms with Crippen LogP contribution in [0.4, 0.5) is 13.2 Å². The van der Waals surface area contributed by atoms with Crippen molar-refractivity contribution in [1.82, 2.24) is 14.5 Å². The van der Waals surface area contributed by atoms with Crippen molar-refractivity contribution >= 4 is 15.9 Å². The predicted molar refractivity (Wildman–Crippen MR) is 106 cm³/mol. The third kappa shape index (κ3) is 5.15. The van der Waals surface area contributed by atoms with Gasteiger partial charge in [-0.2, -0.15) is 17.5 Å².